The fourth-order valence-corrected chi connectivity index (χ4v) is 2.14. The number of hydrogen-bond acceptors (Lipinski definition) is 2. The summed E-state index contributed by atoms with van der Waals surface area (Å²) in [7, 11) is 0. The molecule has 1 aromatic carbocycles. The van der Waals surface area contributed by atoms with Crippen LogP contribution in [-0.4, -0.2) is 15.6 Å². The van der Waals surface area contributed by atoms with Crippen molar-refractivity contribution in [3.05, 3.63) is 48.0 Å². The van der Waals surface area contributed by atoms with Crippen LogP contribution in [0.15, 0.2) is 36.5 Å². The molecule has 18 heavy (non-hydrogen) atoms. The Hall–Kier alpha value is -1.97. The number of carbonyl (C=O) groups is 1. The molecule has 1 aliphatic carbocycles. The average Bonchev–Trinajstić information content (AvgIpc) is 2.70. The minimum Gasteiger partial charge on any atom is -0.294 e. The monoisotopic (exact) mass is 244 g/mol. The lowest BCUT2D eigenvalue weighted by molar-refractivity contribution is 0.0850. The van der Waals surface area contributed by atoms with Gasteiger partial charge in [0, 0.05) is 5.92 Å². The van der Waals surface area contributed by atoms with Crippen LogP contribution < -0.4 is 0 Å². The van der Waals surface area contributed by atoms with Crippen LogP contribution in [0.2, 0.25) is 0 Å². The third kappa shape index (κ3) is 1.74. The lowest BCUT2D eigenvalue weighted by Gasteiger charge is -2.22. The van der Waals surface area contributed by atoms with Gasteiger partial charge < -0.3 is 0 Å². The molecule has 0 spiro atoms. The molecule has 0 atom stereocenters. The van der Waals surface area contributed by atoms with Crippen LogP contribution in [0.3, 0.4) is 0 Å². The number of halogens is 1. The number of ketones is 1. The molecule has 0 amide bonds. The first kappa shape index (κ1) is 11.1. The Morgan fingerprint density at radius 3 is 2.61 bits per heavy atom. The lowest BCUT2D eigenvalue weighted by Crippen LogP contribution is -2.22. The minimum atomic E-state index is -0.557. The van der Waals surface area contributed by atoms with E-state index in [0.29, 0.717) is 5.69 Å². The van der Waals surface area contributed by atoms with E-state index in [9.17, 15) is 9.18 Å². The number of hydrogen-bond donors (Lipinski definition) is 0. The van der Waals surface area contributed by atoms with Gasteiger partial charge >= 0.3 is 0 Å². The smallest absolute Gasteiger partial charge is 0.227 e. The number of carbonyl (C=O) groups excluding carboxylic acids is 1. The highest BCUT2D eigenvalue weighted by Crippen LogP contribution is 2.30. The Morgan fingerprint density at radius 2 is 2.00 bits per heavy atom. The summed E-state index contributed by atoms with van der Waals surface area (Å²) >= 11 is 0. The van der Waals surface area contributed by atoms with Gasteiger partial charge in [0.25, 0.3) is 0 Å². The van der Waals surface area contributed by atoms with Gasteiger partial charge in [-0.25, -0.2) is 4.68 Å². The van der Waals surface area contributed by atoms with E-state index in [2.05, 4.69) is 5.10 Å². The van der Waals surface area contributed by atoms with Crippen LogP contribution in [0, 0.1) is 11.9 Å². The van der Waals surface area contributed by atoms with Crippen LogP contribution in [0.5, 0.6) is 0 Å². The summed E-state index contributed by atoms with van der Waals surface area (Å²) in [5, 5.41) is 3.97. The van der Waals surface area contributed by atoms with Crippen LogP contribution >= 0.6 is 0 Å². The first-order valence-corrected chi connectivity index (χ1v) is 6.10. The van der Waals surface area contributed by atoms with Crippen molar-refractivity contribution >= 4 is 5.78 Å². The summed E-state index contributed by atoms with van der Waals surface area (Å²) in [6.07, 6.45) is 4.14. The van der Waals surface area contributed by atoms with Gasteiger partial charge in [0.05, 0.1) is 17.4 Å². The zero-order valence-electron chi connectivity index (χ0n) is 9.84. The third-order valence-electron chi connectivity index (χ3n) is 3.45. The van der Waals surface area contributed by atoms with Crippen molar-refractivity contribution in [1.82, 2.24) is 9.78 Å². The van der Waals surface area contributed by atoms with E-state index in [1.165, 1.54) is 10.9 Å². The standard InChI is InChI=1S/C14H13FN2O/c15-14-12(13(18)10-5-4-6-10)9-16-17(14)11-7-2-1-3-8-11/h1-3,7-10H,4-6H2. The normalized spacial score (nSPS) is 15.4. The maximum atomic E-state index is 14.2. The van der Waals surface area contributed by atoms with Crippen molar-refractivity contribution in [3.63, 3.8) is 0 Å². The first-order valence-electron chi connectivity index (χ1n) is 6.10. The summed E-state index contributed by atoms with van der Waals surface area (Å²) in [5.74, 6) is -0.674. The number of rotatable bonds is 3. The summed E-state index contributed by atoms with van der Waals surface area (Å²) < 4.78 is 15.3. The predicted octanol–water partition coefficient (Wildman–Crippen LogP) is 2.99. The van der Waals surface area contributed by atoms with Gasteiger partial charge in [0.1, 0.15) is 0 Å². The second-order valence-corrected chi connectivity index (χ2v) is 4.59. The second-order valence-electron chi connectivity index (χ2n) is 4.59. The van der Waals surface area contributed by atoms with E-state index in [1.54, 1.807) is 12.1 Å². The largest absolute Gasteiger partial charge is 0.294 e. The quantitative estimate of drug-likeness (QED) is 0.778. The number of para-hydroxylation sites is 1. The molecule has 92 valence electrons. The third-order valence-corrected chi connectivity index (χ3v) is 3.45. The van der Waals surface area contributed by atoms with Crippen molar-refractivity contribution in [2.45, 2.75) is 19.3 Å². The lowest BCUT2D eigenvalue weighted by atomic mass is 9.80. The number of nitrogens with zero attached hydrogens (tertiary/aromatic N) is 2. The Bertz CT molecular complexity index is 573. The zero-order valence-corrected chi connectivity index (χ0v) is 9.84. The maximum Gasteiger partial charge on any atom is 0.227 e. The molecule has 1 aliphatic rings. The molecule has 4 heteroatoms. The van der Waals surface area contributed by atoms with Gasteiger partial charge in [0.15, 0.2) is 5.78 Å². The molecule has 3 rings (SSSR count). The fourth-order valence-electron chi connectivity index (χ4n) is 2.14. The second kappa shape index (κ2) is 4.37. The predicted molar refractivity (Wildman–Crippen MR) is 65.2 cm³/mol. The van der Waals surface area contributed by atoms with Gasteiger partial charge in [-0.15, -0.1) is 0 Å². The SMILES string of the molecule is O=C(c1cnn(-c2ccccc2)c1F)C1CCC1. The van der Waals surface area contributed by atoms with E-state index >= 15 is 0 Å². The van der Waals surface area contributed by atoms with E-state index in [4.69, 9.17) is 0 Å². The Labute approximate surface area is 104 Å². The molecule has 0 radical (unpaired) electrons. The zero-order chi connectivity index (χ0) is 12.5. The van der Waals surface area contributed by atoms with E-state index < -0.39 is 5.95 Å². The van der Waals surface area contributed by atoms with Crippen LogP contribution in [0.4, 0.5) is 4.39 Å². The van der Waals surface area contributed by atoms with Gasteiger partial charge in [0.2, 0.25) is 5.95 Å². The molecule has 3 nitrogen and oxygen atoms in total. The maximum absolute atomic E-state index is 14.2. The van der Waals surface area contributed by atoms with Crippen LogP contribution in [0.25, 0.3) is 5.69 Å². The van der Waals surface area contributed by atoms with Crippen molar-refractivity contribution in [1.29, 1.82) is 0 Å². The van der Waals surface area contributed by atoms with Crippen molar-refractivity contribution in [3.8, 4) is 5.69 Å². The summed E-state index contributed by atoms with van der Waals surface area (Å²) in [5.41, 5.74) is 0.742. The molecular weight excluding hydrogens is 231 g/mol. The van der Waals surface area contributed by atoms with Gasteiger partial charge in [-0.05, 0) is 25.0 Å². The highest BCUT2D eigenvalue weighted by atomic mass is 19.1. The average molecular weight is 244 g/mol. The van der Waals surface area contributed by atoms with Gasteiger partial charge in [-0.3, -0.25) is 4.79 Å². The number of benzene rings is 1. The van der Waals surface area contributed by atoms with Gasteiger partial charge in [-0.2, -0.15) is 9.49 Å². The molecule has 0 bridgehead atoms. The Kier molecular flexibility index (Phi) is 2.70. The van der Waals surface area contributed by atoms with Gasteiger partial charge in [-0.1, -0.05) is 24.6 Å². The number of Topliss-reactive ketones (excluding diaryl/α,β-unsaturated/α-hetero) is 1. The summed E-state index contributed by atoms with van der Waals surface area (Å²) in [4.78, 5) is 12.0. The van der Waals surface area contributed by atoms with Crippen molar-refractivity contribution in [2.75, 3.05) is 0 Å². The molecule has 1 heterocycles. The molecule has 1 aromatic heterocycles. The Morgan fingerprint density at radius 1 is 1.28 bits per heavy atom. The molecule has 0 N–H and O–H groups in total. The summed E-state index contributed by atoms with van der Waals surface area (Å²) in [6.45, 7) is 0. The molecule has 1 fully saturated rings. The first-order chi connectivity index (χ1) is 8.77. The Balaban J connectivity index is 1.95. The minimum absolute atomic E-state index is 0.00655. The molecule has 0 saturated heterocycles. The highest BCUT2D eigenvalue weighted by Gasteiger charge is 2.30. The highest BCUT2D eigenvalue weighted by molar-refractivity contribution is 5.98. The number of aromatic nitrogens is 2. The van der Waals surface area contributed by atoms with Crippen LogP contribution in [-0.2, 0) is 0 Å². The van der Waals surface area contributed by atoms with E-state index in [0.717, 1.165) is 19.3 Å². The molecule has 1 saturated carbocycles. The molecule has 2 aromatic rings. The summed E-state index contributed by atoms with van der Waals surface area (Å²) in [6, 6.07) is 8.99. The molecule has 0 aliphatic heterocycles. The van der Waals surface area contributed by atoms with Crippen LogP contribution in [0.1, 0.15) is 29.6 Å². The van der Waals surface area contributed by atoms with E-state index in [-0.39, 0.29) is 17.3 Å². The van der Waals surface area contributed by atoms with Crippen molar-refractivity contribution in [2.24, 2.45) is 5.92 Å². The van der Waals surface area contributed by atoms with E-state index in [1.807, 2.05) is 18.2 Å². The molecule has 0 unspecified atom stereocenters. The van der Waals surface area contributed by atoms with Crippen molar-refractivity contribution < 1.29 is 9.18 Å². The topological polar surface area (TPSA) is 34.9 Å². The fraction of sp³-hybridized carbons (Fsp3) is 0.286. The molecular formula is C14H13FN2O.